The number of rotatable bonds is 5. The molecule has 0 bridgehead atoms. The Kier molecular flexibility index (Phi) is 5.22. The van der Waals surface area contributed by atoms with E-state index in [1.165, 1.54) is 0 Å². The molecule has 0 fully saturated rings. The van der Waals surface area contributed by atoms with Crippen LogP contribution >= 0.6 is 11.6 Å². The first kappa shape index (κ1) is 17.3. The zero-order valence-corrected chi connectivity index (χ0v) is 15.0. The minimum atomic E-state index is 0.414. The summed E-state index contributed by atoms with van der Waals surface area (Å²) >= 11 is 6.27. The van der Waals surface area contributed by atoms with Gasteiger partial charge >= 0.3 is 0 Å². The molecule has 0 unspecified atom stereocenters. The van der Waals surface area contributed by atoms with Crippen molar-refractivity contribution in [2.45, 2.75) is 13.5 Å². The highest BCUT2D eigenvalue weighted by atomic mass is 35.5. The number of nitrogens with two attached hydrogens (primary N) is 1. The molecule has 0 radical (unpaired) electrons. The number of nitrogens with zero attached hydrogens (tertiary/aromatic N) is 2. The van der Waals surface area contributed by atoms with Crippen LogP contribution in [-0.4, -0.2) is 12.0 Å². The van der Waals surface area contributed by atoms with Crippen LogP contribution in [0.15, 0.2) is 60.9 Å². The van der Waals surface area contributed by atoms with Gasteiger partial charge < -0.3 is 9.75 Å². The quantitative estimate of drug-likeness (QED) is 0.538. The van der Waals surface area contributed by atoms with Crippen molar-refractivity contribution in [3.05, 3.63) is 77.1 Å². The number of benzene rings is 2. The molecule has 0 amide bonds. The van der Waals surface area contributed by atoms with Crippen molar-refractivity contribution in [1.29, 1.82) is 0 Å². The standard InChI is InChI=1S/C20H20ClN3O/c1-14-6-5-9-20(24(2)22)18(14)13-25-16-10-15(11-23-12-16)17-7-3-4-8-19(17)21/h3-12H,13,22H2,1-2H3. The molecule has 4 nitrogen and oxygen atoms in total. The fourth-order valence-corrected chi connectivity index (χ4v) is 2.95. The average Bonchev–Trinajstić information content (AvgIpc) is 2.61. The molecule has 25 heavy (non-hydrogen) atoms. The molecular formula is C20H20ClN3O. The number of anilines is 1. The molecule has 0 spiro atoms. The van der Waals surface area contributed by atoms with E-state index in [0.717, 1.165) is 27.9 Å². The first-order chi connectivity index (χ1) is 12.1. The van der Waals surface area contributed by atoms with Crippen LogP contribution in [0, 0.1) is 6.92 Å². The third kappa shape index (κ3) is 3.92. The van der Waals surface area contributed by atoms with Gasteiger partial charge in [-0.1, -0.05) is 41.9 Å². The van der Waals surface area contributed by atoms with E-state index in [0.29, 0.717) is 17.4 Å². The monoisotopic (exact) mass is 353 g/mol. The van der Waals surface area contributed by atoms with Gasteiger partial charge in [-0.2, -0.15) is 0 Å². The van der Waals surface area contributed by atoms with Crippen LogP contribution in [0.25, 0.3) is 11.1 Å². The Labute approximate surface area is 152 Å². The molecule has 1 heterocycles. The Hall–Kier alpha value is -2.56. The maximum Gasteiger partial charge on any atom is 0.138 e. The summed E-state index contributed by atoms with van der Waals surface area (Å²) in [6.07, 6.45) is 3.48. The average molecular weight is 354 g/mol. The van der Waals surface area contributed by atoms with E-state index in [9.17, 15) is 0 Å². The van der Waals surface area contributed by atoms with E-state index in [-0.39, 0.29) is 0 Å². The zero-order chi connectivity index (χ0) is 17.8. The van der Waals surface area contributed by atoms with Gasteiger partial charge in [-0.25, -0.2) is 5.84 Å². The lowest BCUT2D eigenvalue weighted by Gasteiger charge is -2.19. The molecule has 128 valence electrons. The van der Waals surface area contributed by atoms with E-state index in [1.807, 2.05) is 62.5 Å². The second-order valence-electron chi connectivity index (χ2n) is 5.86. The smallest absolute Gasteiger partial charge is 0.138 e. The third-order valence-electron chi connectivity index (χ3n) is 4.05. The first-order valence-corrected chi connectivity index (χ1v) is 8.33. The van der Waals surface area contributed by atoms with Gasteiger partial charge in [0.2, 0.25) is 0 Å². The number of ether oxygens (including phenoxy) is 1. The van der Waals surface area contributed by atoms with Crippen LogP contribution in [0.3, 0.4) is 0 Å². The van der Waals surface area contributed by atoms with Crippen molar-refractivity contribution in [3.8, 4) is 16.9 Å². The Morgan fingerprint density at radius 2 is 1.92 bits per heavy atom. The van der Waals surface area contributed by atoms with Gasteiger partial charge in [-0.05, 0) is 30.7 Å². The summed E-state index contributed by atoms with van der Waals surface area (Å²) in [6, 6.07) is 15.6. The van der Waals surface area contributed by atoms with Crippen molar-refractivity contribution >= 4 is 17.3 Å². The molecule has 2 aromatic carbocycles. The second-order valence-corrected chi connectivity index (χ2v) is 6.27. The number of aryl methyl sites for hydroxylation is 1. The van der Waals surface area contributed by atoms with Gasteiger partial charge in [0.25, 0.3) is 0 Å². The number of hydrogen-bond donors (Lipinski definition) is 1. The van der Waals surface area contributed by atoms with Crippen molar-refractivity contribution in [2.75, 3.05) is 12.1 Å². The summed E-state index contributed by atoms with van der Waals surface area (Å²) in [5.41, 5.74) is 4.97. The molecule has 0 aliphatic heterocycles. The van der Waals surface area contributed by atoms with Gasteiger partial charge in [0.1, 0.15) is 12.4 Å². The number of pyridine rings is 1. The molecule has 1 aromatic heterocycles. The Morgan fingerprint density at radius 3 is 2.68 bits per heavy atom. The highest BCUT2D eigenvalue weighted by Gasteiger charge is 2.10. The molecule has 0 saturated heterocycles. The fourth-order valence-electron chi connectivity index (χ4n) is 2.70. The van der Waals surface area contributed by atoms with Crippen molar-refractivity contribution in [3.63, 3.8) is 0 Å². The van der Waals surface area contributed by atoms with Crippen molar-refractivity contribution in [1.82, 2.24) is 4.98 Å². The minimum absolute atomic E-state index is 0.414. The molecule has 3 aromatic rings. The largest absolute Gasteiger partial charge is 0.487 e. The van der Waals surface area contributed by atoms with Crippen LogP contribution < -0.4 is 15.6 Å². The van der Waals surface area contributed by atoms with Gasteiger partial charge in [-0.15, -0.1) is 0 Å². The molecular weight excluding hydrogens is 334 g/mol. The SMILES string of the molecule is Cc1cccc(N(C)N)c1COc1cncc(-c2ccccc2Cl)c1. The fraction of sp³-hybridized carbons (Fsp3) is 0.150. The summed E-state index contributed by atoms with van der Waals surface area (Å²) in [4.78, 5) is 4.28. The van der Waals surface area contributed by atoms with Crippen LogP contribution in [0.5, 0.6) is 5.75 Å². The van der Waals surface area contributed by atoms with Gasteiger partial charge in [0, 0.05) is 35.0 Å². The van der Waals surface area contributed by atoms with Crippen LogP contribution in [0.2, 0.25) is 5.02 Å². The van der Waals surface area contributed by atoms with Crippen molar-refractivity contribution in [2.24, 2.45) is 5.84 Å². The molecule has 0 aliphatic carbocycles. The Balaban J connectivity index is 1.84. The molecule has 0 saturated carbocycles. The van der Waals surface area contributed by atoms with E-state index in [1.54, 1.807) is 17.4 Å². The molecule has 5 heteroatoms. The maximum absolute atomic E-state index is 6.27. The molecule has 0 atom stereocenters. The topological polar surface area (TPSA) is 51.4 Å². The molecule has 3 rings (SSSR count). The zero-order valence-electron chi connectivity index (χ0n) is 14.2. The summed E-state index contributed by atoms with van der Waals surface area (Å²) < 4.78 is 5.98. The summed E-state index contributed by atoms with van der Waals surface area (Å²) in [5.74, 6) is 6.61. The van der Waals surface area contributed by atoms with Gasteiger partial charge in [-0.3, -0.25) is 4.98 Å². The lowest BCUT2D eigenvalue weighted by molar-refractivity contribution is 0.304. The lowest BCUT2D eigenvalue weighted by Crippen LogP contribution is -2.26. The first-order valence-electron chi connectivity index (χ1n) is 7.96. The van der Waals surface area contributed by atoms with Gasteiger partial charge in [0.05, 0.1) is 11.9 Å². The molecule has 2 N–H and O–H groups in total. The van der Waals surface area contributed by atoms with E-state index < -0.39 is 0 Å². The number of hydrazine groups is 1. The summed E-state index contributed by atoms with van der Waals surface area (Å²) in [6.45, 7) is 2.46. The van der Waals surface area contributed by atoms with E-state index in [4.69, 9.17) is 22.2 Å². The van der Waals surface area contributed by atoms with Crippen LogP contribution in [0.1, 0.15) is 11.1 Å². The predicted octanol–water partition coefficient (Wildman–Crippen LogP) is 4.60. The Bertz CT molecular complexity index is 880. The predicted molar refractivity (Wildman–Crippen MR) is 103 cm³/mol. The Morgan fingerprint density at radius 1 is 1.12 bits per heavy atom. The summed E-state index contributed by atoms with van der Waals surface area (Å²) in [5, 5.41) is 2.29. The highest BCUT2D eigenvalue weighted by Crippen LogP contribution is 2.30. The highest BCUT2D eigenvalue weighted by molar-refractivity contribution is 6.33. The lowest BCUT2D eigenvalue weighted by atomic mass is 10.1. The van der Waals surface area contributed by atoms with Crippen LogP contribution in [0.4, 0.5) is 5.69 Å². The number of halogens is 1. The third-order valence-corrected chi connectivity index (χ3v) is 4.38. The normalized spacial score (nSPS) is 10.6. The maximum atomic E-state index is 6.27. The molecule has 0 aliphatic rings. The number of hydrogen-bond acceptors (Lipinski definition) is 4. The number of aromatic nitrogens is 1. The van der Waals surface area contributed by atoms with Gasteiger partial charge in [0.15, 0.2) is 0 Å². The van der Waals surface area contributed by atoms with E-state index >= 15 is 0 Å². The van der Waals surface area contributed by atoms with Crippen molar-refractivity contribution < 1.29 is 4.74 Å². The van der Waals surface area contributed by atoms with E-state index in [2.05, 4.69) is 4.98 Å². The van der Waals surface area contributed by atoms with Crippen LogP contribution in [-0.2, 0) is 6.61 Å². The minimum Gasteiger partial charge on any atom is -0.487 e. The summed E-state index contributed by atoms with van der Waals surface area (Å²) in [7, 11) is 1.82. The second kappa shape index (κ2) is 7.55.